The summed E-state index contributed by atoms with van der Waals surface area (Å²) >= 11 is 0. The van der Waals surface area contributed by atoms with Gasteiger partial charge in [0.25, 0.3) is 5.92 Å². The van der Waals surface area contributed by atoms with E-state index in [-0.39, 0.29) is 87.3 Å². The zero-order valence-corrected chi connectivity index (χ0v) is 35.6. The summed E-state index contributed by atoms with van der Waals surface area (Å²) in [6.45, 7) is 10.6. The van der Waals surface area contributed by atoms with Gasteiger partial charge in [-0.2, -0.15) is 26.3 Å². The third-order valence-corrected chi connectivity index (χ3v) is 12.3. The molecule has 1 aliphatic carbocycles. The van der Waals surface area contributed by atoms with Crippen molar-refractivity contribution in [2.75, 3.05) is 49.1 Å². The minimum absolute atomic E-state index is 0.00304. The van der Waals surface area contributed by atoms with Crippen LogP contribution in [0.25, 0.3) is 0 Å². The molecule has 60 heavy (non-hydrogen) atoms. The SMILES string of the molecule is Cc1cc(C(F)(F)C2CCC(N(C[C@@H](O)C(F)(F)F)C(=O)OC(C)(C)C)CC2)nc(N2CCN(S(=O)(=O)c3ccc(N4C[C@H](NC(=O)OC(C)(C)C)CC4=O)cc3)CC2)n1. The third kappa shape index (κ3) is 11.5. The smallest absolute Gasteiger partial charge is 0.416 e. The molecule has 2 aliphatic heterocycles. The van der Waals surface area contributed by atoms with Crippen LogP contribution in [0.2, 0.25) is 0 Å². The average Bonchev–Trinajstić information content (AvgIpc) is 3.50. The first-order valence-electron chi connectivity index (χ1n) is 19.8. The molecule has 0 spiro atoms. The Labute approximate surface area is 346 Å². The summed E-state index contributed by atoms with van der Waals surface area (Å²) in [4.78, 5) is 50.3. The number of nitrogens with zero attached hydrogens (tertiary/aromatic N) is 6. The van der Waals surface area contributed by atoms with Crippen LogP contribution in [0.1, 0.15) is 85.0 Å². The van der Waals surface area contributed by atoms with Crippen LogP contribution in [0, 0.1) is 12.8 Å². The summed E-state index contributed by atoms with van der Waals surface area (Å²) in [5.41, 5.74) is -1.60. The topological polar surface area (TPSA) is 175 Å². The predicted octanol–water partition coefficient (Wildman–Crippen LogP) is 5.74. The van der Waals surface area contributed by atoms with Gasteiger partial charge in [0.15, 0.2) is 6.10 Å². The number of aliphatic hydroxyl groups is 1. The first-order valence-corrected chi connectivity index (χ1v) is 21.2. The van der Waals surface area contributed by atoms with E-state index in [4.69, 9.17) is 9.47 Å². The molecule has 2 aromatic rings. The van der Waals surface area contributed by atoms with E-state index in [2.05, 4.69) is 15.3 Å². The van der Waals surface area contributed by atoms with Gasteiger partial charge in [0.05, 0.1) is 17.5 Å². The standard InChI is InChI=1S/C39H54F5N7O8S/c1-24-20-30(38(40,41)25-8-10-28(11-9-25)51(23-31(52)39(42,43)44)35(55)59-37(5,6)7)47-33(45-24)48-16-18-49(19-17-48)60(56,57)29-14-12-27(13-15-29)50-22-26(21-32(50)53)46-34(54)58-36(2,3)4/h12-15,20,25-26,28,31,52H,8-11,16-19,21-23H2,1-7H3,(H,46,54)/t25?,26-,28?,31-/m1/s1. The number of benzene rings is 1. The molecule has 3 heterocycles. The van der Waals surface area contributed by atoms with Gasteiger partial charge in [0.1, 0.15) is 16.9 Å². The van der Waals surface area contributed by atoms with E-state index in [0.717, 1.165) is 4.90 Å². The minimum atomic E-state index is -5.01. The largest absolute Gasteiger partial charge is 0.444 e. The van der Waals surface area contributed by atoms with Gasteiger partial charge in [-0.1, -0.05) is 0 Å². The molecule has 2 saturated heterocycles. The first kappa shape index (κ1) is 46.7. The number of ether oxygens (including phenoxy) is 2. The lowest BCUT2D eigenvalue weighted by molar-refractivity contribution is -0.208. The van der Waals surface area contributed by atoms with Gasteiger partial charge in [-0.15, -0.1) is 0 Å². The maximum absolute atomic E-state index is 16.2. The molecular formula is C39H54F5N7O8S. The first-order chi connectivity index (χ1) is 27.6. The summed E-state index contributed by atoms with van der Waals surface area (Å²) < 4.78 is 111. The summed E-state index contributed by atoms with van der Waals surface area (Å²) in [6.07, 6.45) is -9.97. The van der Waals surface area contributed by atoms with Crippen molar-refractivity contribution >= 4 is 39.8 Å². The molecule has 15 nitrogen and oxygen atoms in total. The summed E-state index contributed by atoms with van der Waals surface area (Å²) in [7, 11) is -3.99. The summed E-state index contributed by atoms with van der Waals surface area (Å²) in [5, 5.41) is 12.4. The van der Waals surface area contributed by atoms with Gasteiger partial charge < -0.3 is 34.6 Å². The van der Waals surface area contributed by atoms with Crippen LogP contribution in [0.5, 0.6) is 0 Å². The number of hydrogen-bond donors (Lipinski definition) is 2. The quantitative estimate of drug-likeness (QED) is 0.279. The molecule has 1 saturated carbocycles. The third-order valence-electron chi connectivity index (χ3n) is 10.4. The number of alkyl halides is 5. The van der Waals surface area contributed by atoms with Crippen molar-refractivity contribution in [2.45, 2.75) is 127 Å². The fourth-order valence-corrected chi connectivity index (χ4v) is 8.83. The lowest BCUT2D eigenvalue weighted by atomic mass is 9.80. The Morgan fingerprint density at radius 1 is 0.917 bits per heavy atom. The second-order valence-electron chi connectivity index (χ2n) is 17.4. The molecule has 2 atom stereocenters. The Morgan fingerprint density at radius 2 is 1.50 bits per heavy atom. The minimum Gasteiger partial charge on any atom is -0.444 e. The number of rotatable bonds is 10. The van der Waals surface area contributed by atoms with Crippen LogP contribution < -0.4 is 15.1 Å². The van der Waals surface area contributed by atoms with Gasteiger partial charge in [0, 0.05) is 62.5 Å². The zero-order chi connectivity index (χ0) is 44.6. The van der Waals surface area contributed by atoms with E-state index >= 15 is 8.78 Å². The van der Waals surface area contributed by atoms with E-state index in [0.29, 0.717) is 5.69 Å². The molecule has 5 rings (SSSR count). The Morgan fingerprint density at radius 3 is 2.05 bits per heavy atom. The number of amides is 3. The number of alkyl carbamates (subject to hydrolysis) is 1. The highest BCUT2D eigenvalue weighted by atomic mass is 32.2. The van der Waals surface area contributed by atoms with Crippen molar-refractivity contribution < 1.29 is 59.3 Å². The van der Waals surface area contributed by atoms with E-state index in [1.54, 1.807) is 25.7 Å². The molecular weight excluding hydrogens is 822 g/mol. The fourth-order valence-electron chi connectivity index (χ4n) is 7.41. The fraction of sp³-hybridized carbons (Fsp3) is 0.667. The van der Waals surface area contributed by atoms with Crippen molar-refractivity contribution in [2.24, 2.45) is 5.92 Å². The maximum atomic E-state index is 16.2. The molecule has 2 N–H and O–H groups in total. The van der Waals surface area contributed by atoms with Gasteiger partial charge in [-0.25, -0.2) is 28.0 Å². The molecule has 21 heteroatoms. The lowest BCUT2D eigenvalue weighted by Crippen LogP contribution is -2.51. The van der Waals surface area contributed by atoms with Crippen molar-refractivity contribution in [1.29, 1.82) is 0 Å². The van der Waals surface area contributed by atoms with Crippen molar-refractivity contribution in [3.63, 3.8) is 0 Å². The number of aromatic nitrogens is 2. The van der Waals surface area contributed by atoms with Crippen LogP contribution >= 0.6 is 0 Å². The number of nitrogens with one attached hydrogen (secondary N) is 1. The molecule has 334 valence electrons. The molecule has 0 radical (unpaired) electrons. The zero-order valence-electron chi connectivity index (χ0n) is 34.8. The van der Waals surface area contributed by atoms with Gasteiger partial charge in [-0.05, 0) is 104 Å². The van der Waals surface area contributed by atoms with Gasteiger partial charge in [-0.3, -0.25) is 4.79 Å². The van der Waals surface area contributed by atoms with Gasteiger partial charge >= 0.3 is 18.4 Å². The predicted molar refractivity (Wildman–Crippen MR) is 209 cm³/mol. The Kier molecular flexibility index (Phi) is 13.7. The molecule has 0 bridgehead atoms. The molecule has 3 amide bonds. The van der Waals surface area contributed by atoms with Crippen LogP contribution in [0.3, 0.4) is 0 Å². The van der Waals surface area contributed by atoms with Gasteiger partial charge in [0.2, 0.25) is 21.9 Å². The number of aliphatic hydroxyl groups excluding tert-OH is 1. The van der Waals surface area contributed by atoms with Crippen LogP contribution in [0.15, 0.2) is 35.2 Å². The number of anilines is 2. The van der Waals surface area contributed by atoms with Crippen molar-refractivity contribution in [1.82, 2.24) is 24.5 Å². The molecule has 1 aromatic carbocycles. The molecule has 3 aliphatic rings. The van der Waals surface area contributed by atoms with Crippen molar-refractivity contribution in [3.05, 3.63) is 41.7 Å². The Bertz CT molecular complexity index is 1980. The molecule has 3 fully saturated rings. The number of sulfonamides is 1. The van der Waals surface area contributed by atoms with E-state index in [1.807, 2.05) is 0 Å². The Balaban J connectivity index is 1.20. The van der Waals surface area contributed by atoms with E-state index in [9.17, 15) is 41.1 Å². The highest BCUT2D eigenvalue weighted by Gasteiger charge is 2.48. The number of hydrogen-bond acceptors (Lipinski definition) is 11. The van der Waals surface area contributed by atoms with E-state index < -0.39 is 81.9 Å². The monoisotopic (exact) mass is 875 g/mol. The Hall–Kier alpha value is -4.37. The van der Waals surface area contributed by atoms with Crippen LogP contribution in [0.4, 0.5) is 43.2 Å². The highest BCUT2D eigenvalue weighted by molar-refractivity contribution is 7.89. The van der Waals surface area contributed by atoms with Crippen LogP contribution in [-0.2, 0) is 30.2 Å². The normalized spacial score (nSPS) is 21.8. The lowest BCUT2D eigenvalue weighted by Gasteiger charge is -2.40. The maximum Gasteiger partial charge on any atom is 0.416 e. The molecule has 0 unspecified atom stereocenters. The van der Waals surface area contributed by atoms with Crippen molar-refractivity contribution in [3.8, 4) is 0 Å². The number of aryl methyl sites for hydroxylation is 1. The van der Waals surface area contributed by atoms with Crippen LogP contribution in [-0.4, -0.2) is 126 Å². The average molecular weight is 876 g/mol. The van der Waals surface area contributed by atoms with E-state index in [1.165, 1.54) is 67.2 Å². The molecule has 1 aromatic heterocycles. The number of carbonyl (C=O) groups excluding carboxylic acids is 3. The highest BCUT2D eigenvalue weighted by Crippen LogP contribution is 2.44. The number of halogens is 5. The summed E-state index contributed by atoms with van der Waals surface area (Å²) in [5.74, 6) is -5.01. The summed E-state index contributed by atoms with van der Waals surface area (Å²) in [6, 6.07) is 5.61. The second-order valence-corrected chi connectivity index (χ2v) is 19.4. The number of piperazine rings is 1. The number of carbonyl (C=O) groups is 3. The second kappa shape index (κ2) is 17.5.